The molecule has 19 heavy (non-hydrogen) atoms. The van der Waals surface area contributed by atoms with Crippen LogP contribution in [0.4, 0.5) is 0 Å². The largest absolute Gasteiger partial charge is 0.423 e. The van der Waals surface area contributed by atoms with Gasteiger partial charge in [0.25, 0.3) is 0 Å². The average Bonchev–Trinajstić information content (AvgIpc) is 2.84. The Balaban J connectivity index is 2.11. The van der Waals surface area contributed by atoms with E-state index in [9.17, 15) is 4.79 Å². The third-order valence-corrected chi connectivity index (χ3v) is 3.85. The molecule has 0 aliphatic rings. The second-order valence-corrected chi connectivity index (χ2v) is 6.03. The first-order chi connectivity index (χ1) is 9.06. The van der Waals surface area contributed by atoms with E-state index in [1.54, 1.807) is 17.4 Å². The average molecular weight is 337 g/mol. The van der Waals surface area contributed by atoms with Crippen molar-refractivity contribution in [1.82, 2.24) is 0 Å². The fourth-order valence-electron chi connectivity index (χ4n) is 1.73. The lowest BCUT2D eigenvalue weighted by Crippen LogP contribution is -2.06. The summed E-state index contributed by atoms with van der Waals surface area (Å²) in [6.07, 6.45) is 3.21. The molecule has 0 atom stereocenters. The fourth-order valence-corrected chi connectivity index (χ4v) is 3.03. The SMILES string of the molecule is Cc1cc(Br)cc(C)c1OC(=O)/C=C/c1cccs1. The fraction of sp³-hybridized carbons (Fsp3) is 0.133. The van der Waals surface area contributed by atoms with Crippen LogP contribution < -0.4 is 4.74 Å². The Bertz CT molecular complexity index is 592. The number of carbonyl (C=O) groups is 1. The van der Waals surface area contributed by atoms with Gasteiger partial charge in [-0.25, -0.2) is 4.79 Å². The summed E-state index contributed by atoms with van der Waals surface area (Å²) in [5.41, 5.74) is 1.87. The summed E-state index contributed by atoms with van der Waals surface area (Å²) >= 11 is 5.00. The Labute approximate surface area is 124 Å². The highest BCUT2D eigenvalue weighted by atomic mass is 79.9. The number of aryl methyl sites for hydroxylation is 2. The van der Waals surface area contributed by atoms with Gasteiger partial charge >= 0.3 is 5.97 Å². The summed E-state index contributed by atoms with van der Waals surface area (Å²) in [6.45, 7) is 3.84. The molecule has 2 nitrogen and oxygen atoms in total. The number of thiophene rings is 1. The lowest BCUT2D eigenvalue weighted by molar-refractivity contribution is -0.129. The smallest absolute Gasteiger partial charge is 0.336 e. The molecule has 0 amide bonds. The zero-order valence-corrected chi connectivity index (χ0v) is 13.0. The molecule has 0 aliphatic carbocycles. The van der Waals surface area contributed by atoms with E-state index in [0.29, 0.717) is 5.75 Å². The predicted octanol–water partition coefficient (Wildman–Crippen LogP) is 4.75. The van der Waals surface area contributed by atoms with E-state index in [2.05, 4.69) is 15.9 Å². The molecule has 0 spiro atoms. The Morgan fingerprint density at radius 3 is 2.58 bits per heavy atom. The highest BCUT2D eigenvalue weighted by Crippen LogP contribution is 2.27. The lowest BCUT2D eigenvalue weighted by Gasteiger charge is -2.09. The first-order valence-electron chi connectivity index (χ1n) is 5.76. The molecule has 0 aliphatic heterocycles. The van der Waals surface area contributed by atoms with E-state index >= 15 is 0 Å². The van der Waals surface area contributed by atoms with Crippen LogP contribution in [0.3, 0.4) is 0 Å². The molecular weight excluding hydrogens is 324 g/mol. The van der Waals surface area contributed by atoms with Crippen LogP contribution in [-0.2, 0) is 4.79 Å². The summed E-state index contributed by atoms with van der Waals surface area (Å²) in [7, 11) is 0. The standard InChI is InChI=1S/C15H13BrO2S/c1-10-8-12(16)9-11(2)15(10)18-14(17)6-5-13-4-3-7-19-13/h3-9H,1-2H3/b6-5+. The van der Waals surface area contributed by atoms with E-state index < -0.39 is 0 Å². The van der Waals surface area contributed by atoms with Gasteiger partial charge in [-0.05, 0) is 54.6 Å². The van der Waals surface area contributed by atoms with Crippen LogP contribution >= 0.6 is 27.3 Å². The van der Waals surface area contributed by atoms with Crippen LogP contribution in [0.25, 0.3) is 6.08 Å². The maximum atomic E-state index is 11.8. The highest BCUT2D eigenvalue weighted by molar-refractivity contribution is 9.10. The minimum Gasteiger partial charge on any atom is -0.423 e. The number of ether oxygens (including phenoxy) is 1. The number of halogens is 1. The minimum absolute atomic E-state index is 0.359. The molecule has 4 heteroatoms. The molecule has 1 aromatic heterocycles. The molecule has 0 saturated carbocycles. The van der Waals surface area contributed by atoms with Crippen molar-refractivity contribution in [1.29, 1.82) is 0 Å². The van der Waals surface area contributed by atoms with E-state index in [1.807, 2.05) is 43.5 Å². The Morgan fingerprint density at radius 1 is 1.32 bits per heavy atom. The topological polar surface area (TPSA) is 26.3 Å². The highest BCUT2D eigenvalue weighted by Gasteiger charge is 2.08. The van der Waals surface area contributed by atoms with Gasteiger partial charge in [0.05, 0.1) is 0 Å². The molecule has 0 radical (unpaired) electrons. The number of hydrogen-bond acceptors (Lipinski definition) is 3. The van der Waals surface area contributed by atoms with Gasteiger partial charge in [-0.3, -0.25) is 0 Å². The van der Waals surface area contributed by atoms with Crippen molar-refractivity contribution < 1.29 is 9.53 Å². The first-order valence-corrected chi connectivity index (χ1v) is 7.43. The molecule has 2 aromatic rings. The van der Waals surface area contributed by atoms with Crippen LogP contribution in [0.2, 0.25) is 0 Å². The van der Waals surface area contributed by atoms with Gasteiger partial charge < -0.3 is 4.74 Å². The van der Waals surface area contributed by atoms with Crippen LogP contribution in [0.5, 0.6) is 5.75 Å². The lowest BCUT2D eigenvalue weighted by atomic mass is 10.1. The zero-order chi connectivity index (χ0) is 13.8. The Kier molecular flexibility index (Phi) is 4.56. The zero-order valence-electron chi connectivity index (χ0n) is 10.6. The van der Waals surface area contributed by atoms with Crippen molar-refractivity contribution in [2.24, 2.45) is 0 Å². The summed E-state index contributed by atoms with van der Waals surface area (Å²) in [4.78, 5) is 12.8. The molecule has 0 saturated heterocycles. The molecule has 0 fully saturated rings. The first kappa shape index (κ1) is 14.0. The van der Waals surface area contributed by atoms with Gasteiger partial charge in [-0.15, -0.1) is 11.3 Å². The second kappa shape index (κ2) is 6.17. The maximum Gasteiger partial charge on any atom is 0.336 e. The molecular formula is C15H13BrO2S. The van der Waals surface area contributed by atoms with Gasteiger partial charge in [0, 0.05) is 15.4 Å². The summed E-state index contributed by atoms with van der Waals surface area (Å²) in [6, 6.07) is 7.75. The minimum atomic E-state index is -0.359. The van der Waals surface area contributed by atoms with Gasteiger partial charge in [-0.1, -0.05) is 22.0 Å². The number of esters is 1. The third-order valence-electron chi connectivity index (χ3n) is 2.55. The molecule has 1 aromatic carbocycles. The van der Waals surface area contributed by atoms with Crippen LogP contribution in [0, 0.1) is 13.8 Å². The maximum absolute atomic E-state index is 11.8. The number of carbonyl (C=O) groups excluding carboxylic acids is 1. The number of benzene rings is 1. The van der Waals surface area contributed by atoms with Crippen molar-refractivity contribution in [2.75, 3.05) is 0 Å². The Morgan fingerprint density at radius 2 is 2.00 bits per heavy atom. The third kappa shape index (κ3) is 3.78. The number of hydrogen-bond donors (Lipinski definition) is 0. The summed E-state index contributed by atoms with van der Waals surface area (Å²) < 4.78 is 6.37. The van der Waals surface area contributed by atoms with Crippen molar-refractivity contribution in [2.45, 2.75) is 13.8 Å². The van der Waals surface area contributed by atoms with Crippen LogP contribution in [-0.4, -0.2) is 5.97 Å². The van der Waals surface area contributed by atoms with Gasteiger partial charge in [-0.2, -0.15) is 0 Å². The second-order valence-electron chi connectivity index (χ2n) is 4.14. The monoisotopic (exact) mass is 336 g/mol. The van der Waals surface area contributed by atoms with Crippen LogP contribution in [0.1, 0.15) is 16.0 Å². The van der Waals surface area contributed by atoms with Crippen molar-refractivity contribution in [3.05, 3.63) is 56.2 Å². The van der Waals surface area contributed by atoms with E-state index in [0.717, 1.165) is 20.5 Å². The summed E-state index contributed by atoms with van der Waals surface area (Å²) in [5, 5.41) is 1.97. The summed E-state index contributed by atoms with van der Waals surface area (Å²) in [5.74, 6) is 0.269. The van der Waals surface area contributed by atoms with Gasteiger partial charge in [0.2, 0.25) is 0 Å². The van der Waals surface area contributed by atoms with Crippen molar-refractivity contribution in [3.8, 4) is 5.75 Å². The molecule has 98 valence electrons. The number of rotatable bonds is 3. The van der Waals surface area contributed by atoms with Crippen molar-refractivity contribution in [3.63, 3.8) is 0 Å². The Hall–Kier alpha value is -1.39. The molecule has 0 unspecified atom stereocenters. The molecule has 0 bridgehead atoms. The van der Waals surface area contributed by atoms with E-state index in [4.69, 9.17) is 4.74 Å². The quantitative estimate of drug-likeness (QED) is 0.459. The predicted molar refractivity (Wildman–Crippen MR) is 82.6 cm³/mol. The normalized spacial score (nSPS) is 10.9. The van der Waals surface area contributed by atoms with Crippen LogP contribution in [0.15, 0.2) is 40.2 Å². The van der Waals surface area contributed by atoms with Gasteiger partial charge in [0.1, 0.15) is 5.75 Å². The van der Waals surface area contributed by atoms with Gasteiger partial charge in [0.15, 0.2) is 0 Å². The van der Waals surface area contributed by atoms with Crippen molar-refractivity contribution >= 4 is 39.3 Å². The van der Waals surface area contributed by atoms with E-state index in [-0.39, 0.29) is 5.97 Å². The van der Waals surface area contributed by atoms with E-state index in [1.165, 1.54) is 6.08 Å². The molecule has 2 rings (SSSR count). The molecule has 1 heterocycles. The molecule has 0 N–H and O–H groups in total.